The van der Waals surface area contributed by atoms with Crippen molar-refractivity contribution in [2.45, 2.75) is 19.4 Å². The van der Waals surface area contributed by atoms with Crippen LogP contribution in [-0.4, -0.2) is 19.9 Å². The molecule has 2 aromatic heterocycles. The Bertz CT molecular complexity index is 447. The second-order valence-corrected chi connectivity index (χ2v) is 3.37. The van der Waals surface area contributed by atoms with Crippen LogP contribution < -0.4 is 5.73 Å². The Hall–Kier alpha value is -1.69. The highest BCUT2D eigenvalue weighted by molar-refractivity contribution is 5.50. The van der Waals surface area contributed by atoms with Crippen molar-refractivity contribution in [3.63, 3.8) is 0 Å². The molecule has 2 aromatic rings. The molecule has 0 aliphatic heterocycles. The molecule has 0 unspecified atom stereocenters. The summed E-state index contributed by atoms with van der Waals surface area (Å²) in [6, 6.07) is -0.192. The van der Waals surface area contributed by atoms with Crippen molar-refractivity contribution >= 4 is 0 Å². The maximum Gasteiger partial charge on any atom is 0.243 e. The van der Waals surface area contributed by atoms with E-state index in [-0.39, 0.29) is 6.04 Å². The molecule has 0 aliphatic carbocycles. The van der Waals surface area contributed by atoms with Crippen LogP contribution in [0.2, 0.25) is 0 Å². The molecule has 0 aliphatic rings. The van der Waals surface area contributed by atoms with Gasteiger partial charge < -0.3 is 10.3 Å². The van der Waals surface area contributed by atoms with Gasteiger partial charge in [0.05, 0.1) is 17.8 Å². The minimum Gasteiger partial charge on any atom is -0.337 e. The van der Waals surface area contributed by atoms with Crippen LogP contribution in [0.1, 0.15) is 25.3 Å². The van der Waals surface area contributed by atoms with E-state index < -0.39 is 0 Å². The van der Waals surface area contributed by atoms with Crippen LogP contribution >= 0.6 is 0 Å². The van der Waals surface area contributed by atoms with Gasteiger partial charge in [0.2, 0.25) is 11.7 Å². The fraction of sp³-hybridized carbons (Fsp3) is 0.444. The maximum absolute atomic E-state index is 5.77. The quantitative estimate of drug-likeness (QED) is 0.807. The highest BCUT2D eigenvalue weighted by Crippen LogP contribution is 2.17. The molecule has 0 radical (unpaired) electrons. The molecule has 0 saturated heterocycles. The lowest BCUT2D eigenvalue weighted by Gasteiger charge is -1.98. The van der Waals surface area contributed by atoms with Gasteiger partial charge in [-0.2, -0.15) is 10.1 Å². The average Bonchev–Trinajstić information content (AvgIpc) is 2.84. The molecule has 6 heteroatoms. The number of hydrogen-bond donors (Lipinski definition) is 1. The van der Waals surface area contributed by atoms with E-state index in [1.165, 1.54) is 0 Å². The van der Waals surface area contributed by atoms with Gasteiger partial charge in [-0.15, -0.1) is 0 Å². The molecule has 2 heterocycles. The summed E-state index contributed by atoms with van der Waals surface area (Å²) in [4.78, 5) is 4.21. The summed E-state index contributed by atoms with van der Waals surface area (Å²) in [7, 11) is 1.84. The molecular formula is C9H13N5O. The standard InChI is InChI=1S/C9H13N5O/c1-3-7(10)9-12-8(13-15-9)6-4-11-14(2)5-6/h4-5,7H,3,10H2,1-2H3/t7-/m0/s1. The van der Waals surface area contributed by atoms with Crippen molar-refractivity contribution in [3.05, 3.63) is 18.3 Å². The normalized spacial score (nSPS) is 13.0. The first-order chi connectivity index (χ1) is 7.20. The summed E-state index contributed by atoms with van der Waals surface area (Å²) in [6.07, 6.45) is 4.28. The largest absolute Gasteiger partial charge is 0.337 e. The summed E-state index contributed by atoms with van der Waals surface area (Å²) in [5.74, 6) is 0.998. The van der Waals surface area contributed by atoms with E-state index in [0.717, 1.165) is 12.0 Å². The first-order valence-electron chi connectivity index (χ1n) is 4.79. The van der Waals surface area contributed by atoms with Crippen LogP contribution in [0.3, 0.4) is 0 Å². The van der Waals surface area contributed by atoms with Crippen LogP contribution in [0.25, 0.3) is 11.4 Å². The molecule has 6 nitrogen and oxygen atoms in total. The van der Waals surface area contributed by atoms with Gasteiger partial charge >= 0.3 is 0 Å². The first kappa shape index (κ1) is 9.85. The van der Waals surface area contributed by atoms with E-state index in [9.17, 15) is 0 Å². The van der Waals surface area contributed by atoms with Crippen LogP contribution in [-0.2, 0) is 7.05 Å². The number of aryl methyl sites for hydroxylation is 1. The highest BCUT2D eigenvalue weighted by atomic mass is 16.5. The van der Waals surface area contributed by atoms with Gasteiger partial charge in [-0.05, 0) is 6.42 Å². The minimum atomic E-state index is -0.192. The monoisotopic (exact) mass is 207 g/mol. The maximum atomic E-state index is 5.77. The third-order valence-corrected chi connectivity index (χ3v) is 2.16. The van der Waals surface area contributed by atoms with Crippen molar-refractivity contribution in [3.8, 4) is 11.4 Å². The third-order valence-electron chi connectivity index (χ3n) is 2.16. The summed E-state index contributed by atoms with van der Waals surface area (Å²) in [6.45, 7) is 1.97. The highest BCUT2D eigenvalue weighted by Gasteiger charge is 2.14. The van der Waals surface area contributed by atoms with Gasteiger partial charge in [0.25, 0.3) is 0 Å². The minimum absolute atomic E-state index is 0.192. The fourth-order valence-corrected chi connectivity index (χ4v) is 1.21. The van der Waals surface area contributed by atoms with Crippen molar-refractivity contribution in [2.75, 3.05) is 0 Å². The molecule has 0 spiro atoms. The summed E-state index contributed by atoms with van der Waals surface area (Å²) in [5, 5.41) is 7.88. The van der Waals surface area contributed by atoms with Crippen molar-refractivity contribution < 1.29 is 4.52 Å². The average molecular weight is 207 g/mol. The van der Waals surface area contributed by atoms with Crippen LogP contribution in [0.15, 0.2) is 16.9 Å². The zero-order valence-corrected chi connectivity index (χ0v) is 8.71. The van der Waals surface area contributed by atoms with Gasteiger partial charge in [-0.25, -0.2) is 0 Å². The van der Waals surface area contributed by atoms with Crippen LogP contribution in [0.5, 0.6) is 0 Å². The number of aromatic nitrogens is 4. The van der Waals surface area contributed by atoms with E-state index in [1.54, 1.807) is 10.9 Å². The number of nitrogens with zero attached hydrogens (tertiary/aromatic N) is 4. The predicted octanol–water partition coefficient (Wildman–Crippen LogP) is 0.880. The van der Waals surface area contributed by atoms with E-state index in [0.29, 0.717) is 11.7 Å². The van der Waals surface area contributed by atoms with Crippen LogP contribution in [0.4, 0.5) is 0 Å². The molecular weight excluding hydrogens is 194 g/mol. The Kier molecular flexibility index (Phi) is 2.51. The van der Waals surface area contributed by atoms with E-state index in [4.69, 9.17) is 10.3 Å². The lowest BCUT2D eigenvalue weighted by Crippen LogP contribution is -2.08. The lowest BCUT2D eigenvalue weighted by molar-refractivity contribution is 0.352. The zero-order valence-electron chi connectivity index (χ0n) is 8.71. The summed E-state index contributed by atoms with van der Waals surface area (Å²) < 4.78 is 6.74. The van der Waals surface area contributed by atoms with Gasteiger partial charge in [-0.1, -0.05) is 12.1 Å². The Morgan fingerprint density at radius 1 is 1.60 bits per heavy atom. The van der Waals surface area contributed by atoms with Crippen molar-refractivity contribution in [1.29, 1.82) is 0 Å². The van der Waals surface area contributed by atoms with Crippen LogP contribution in [0, 0.1) is 0 Å². The summed E-state index contributed by atoms with van der Waals surface area (Å²) >= 11 is 0. The summed E-state index contributed by atoms with van der Waals surface area (Å²) in [5.41, 5.74) is 6.60. The van der Waals surface area contributed by atoms with Gasteiger partial charge in [0.1, 0.15) is 0 Å². The molecule has 0 bridgehead atoms. The molecule has 80 valence electrons. The second kappa shape index (κ2) is 3.82. The van der Waals surface area contributed by atoms with E-state index >= 15 is 0 Å². The molecule has 1 atom stereocenters. The molecule has 2 N–H and O–H groups in total. The smallest absolute Gasteiger partial charge is 0.243 e. The van der Waals surface area contributed by atoms with E-state index in [2.05, 4.69) is 15.2 Å². The predicted molar refractivity (Wildman–Crippen MR) is 53.7 cm³/mol. The molecule has 0 amide bonds. The third kappa shape index (κ3) is 1.89. The molecule has 15 heavy (non-hydrogen) atoms. The second-order valence-electron chi connectivity index (χ2n) is 3.37. The van der Waals surface area contributed by atoms with E-state index in [1.807, 2.05) is 20.2 Å². The molecule has 0 saturated carbocycles. The van der Waals surface area contributed by atoms with Crippen molar-refractivity contribution in [2.24, 2.45) is 12.8 Å². The Morgan fingerprint density at radius 3 is 3.00 bits per heavy atom. The number of hydrogen-bond acceptors (Lipinski definition) is 5. The molecule has 0 fully saturated rings. The Labute approximate surface area is 87.1 Å². The van der Waals surface area contributed by atoms with Gasteiger partial charge in [-0.3, -0.25) is 4.68 Å². The lowest BCUT2D eigenvalue weighted by atomic mass is 10.2. The van der Waals surface area contributed by atoms with Gasteiger partial charge in [0, 0.05) is 13.2 Å². The zero-order chi connectivity index (χ0) is 10.8. The number of nitrogens with two attached hydrogens (primary N) is 1. The fourth-order valence-electron chi connectivity index (χ4n) is 1.21. The molecule has 2 rings (SSSR count). The van der Waals surface area contributed by atoms with Gasteiger partial charge in [0.15, 0.2) is 0 Å². The Balaban J connectivity index is 2.27. The number of rotatable bonds is 3. The topological polar surface area (TPSA) is 82.8 Å². The molecule has 0 aromatic carbocycles. The SMILES string of the molecule is CC[C@H](N)c1nc(-c2cnn(C)c2)no1. The van der Waals surface area contributed by atoms with Crippen molar-refractivity contribution in [1.82, 2.24) is 19.9 Å². The first-order valence-corrected chi connectivity index (χ1v) is 4.79. The Morgan fingerprint density at radius 2 is 2.40 bits per heavy atom.